The monoisotopic (exact) mass is 241 g/mol. The zero-order valence-electron chi connectivity index (χ0n) is 10.3. The molecule has 1 heterocycles. The molecule has 1 aromatic rings. The lowest BCUT2D eigenvalue weighted by Crippen LogP contribution is -2.46. The van der Waals surface area contributed by atoms with E-state index >= 15 is 0 Å². The Morgan fingerprint density at radius 2 is 2.47 bits per heavy atom. The third-order valence-corrected chi connectivity index (χ3v) is 2.12. The van der Waals surface area contributed by atoms with Crippen molar-refractivity contribution in [2.75, 3.05) is 13.7 Å². The maximum atomic E-state index is 5.37. The van der Waals surface area contributed by atoms with Gasteiger partial charge in [-0.3, -0.25) is 5.43 Å². The minimum atomic E-state index is 0.120. The smallest absolute Gasteiger partial charge is 0.206 e. The number of hydrogen-bond acceptors (Lipinski definition) is 5. The van der Waals surface area contributed by atoms with E-state index in [9.17, 15) is 0 Å². The number of guanidine groups is 1. The summed E-state index contributed by atoms with van der Waals surface area (Å²) in [6, 6.07) is 0.120. The van der Waals surface area contributed by atoms with Crippen molar-refractivity contribution < 1.29 is 4.74 Å². The topological polar surface area (TPSA) is 102 Å². The molecule has 0 radical (unpaired) electrons. The second-order valence-electron chi connectivity index (χ2n) is 3.67. The first-order valence-corrected chi connectivity index (χ1v) is 5.26. The Labute approximate surface area is 100 Å². The number of aliphatic imine (C=N–C) groups is 1. The molecule has 1 rings (SSSR count). The van der Waals surface area contributed by atoms with Crippen LogP contribution in [-0.2, 0) is 18.3 Å². The van der Waals surface area contributed by atoms with Gasteiger partial charge in [-0.25, -0.2) is 10.8 Å². The van der Waals surface area contributed by atoms with Crippen LogP contribution in [0.25, 0.3) is 0 Å². The van der Waals surface area contributed by atoms with E-state index in [1.165, 1.54) is 0 Å². The predicted octanol–water partition coefficient (Wildman–Crippen LogP) is -1.24. The van der Waals surface area contributed by atoms with E-state index in [0.29, 0.717) is 19.1 Å². The molecular weight excluding hydrogens is 222 g/mol. The van der Waals surface area contributed by atoms with Crippen molar-refractivity contribution >= 4 is 5.96 Å². The number of rotatable bonds is 5. The maximum Gasteiger partial charge on any atom is 0.206 e. The largest absolute Gasteiger partial charge is 0.383 e. The van der Waals surface area contributed by atoms with Crippen LogP contribution in [-0.4, -0.2) is 40.5 Å². The number of hydrazine groups is 1. The summed E-state index contributed by atoms with van der Waals surface area (Å²) in [6.45, 7) is 2.95. The van der Waals surface area contributed by atoms with Gasteiger partial charge in [0, 0.05) is 20.2 Å². The van der Waals surface area contributed by atoms with Gasteiger partial charge in [-0.1, -0.05) is 0 Å². The third-order valence-electron chi connectivity index (χ3n) is 2.12. The van der Waals surface area contributed by atoms with Crippen LogP contribution in [0.3, 0.4) is 0 Å². The zero-order valence-corrected chi connectivity index (χ0v) is 10.3. The van der Waals surface area contributed by atoms with E-state index in [2.05, 4.69) is 25.9 Å². The molecule has 96 valence electrons. The molecule has 8 nitrogen and oxygen atoms in total. The minimum Gasteiger partial charge on any atom is -0.383 e. The summed E-state index contributed by atoms with van der Waals surface area (Å²) >= 11 is 0. The van der Waals surface area contributed by atoms with Gasteiger partial charge in [0.2, 0.25) is 5.96 Å². The third kappa shape index (κ3) is 4.37. The van der Waals surface area contributed by atoms with Crippen LogP contribution in [0.15, 0.2) is 11.3 Å². The number of nitrogens with one attached hydrogen (secondary N) is 2. The Kier molecular flexibility index (Phi) is 5.37. The van der Waals surface area contributed by atoms with E-state index in [-0.39, 0.29) is 6.04 Å². The summed E-state index contributed by atoms with van der Waals surface area (Å²) in [4.78, 5) is 4.26. The summed E-state index contributed by atoms with van der Waals surface area (Å²) in [7, 11) is 3.51. The number of aromatic nitrogens is 3. The highest BCUT2D eigenvalue weighted by Crippen LogP contribution is 1.93. The van der Waals surface area contributed by atoms with E-state index in [0.717, 1.165) is 5.82 Å². The highest BCUT2D eigenvalue weighted by Gasteiger charge is 2.04. The fourth-order valence-electron chi connectivity index (χ4n) is 1.26. The molecule has 0 aliphatic carbocycles. The highest BCUT2D eigenvalue weighted by atomic mass is 16.5. The lowest BCUT2D eigenvalue weighted by atomic mass is 10.4. The molecule has 0 aliphatic heterocycles. The summed E-state index contributed by atoms with van der Waals surface area (Å²) in [6.07, 6.45) is 1.63. The van der Waals surface area contributed by atoms with Crippen molar-refractivity contribution in [2.45, 2.75) is 19.5 Å². The molecule has 0 spiro atoms. The number of ether oxygens (including phenoxy) is 1. The van der Waals surface area contributed by atoms with Crippen LogP contribution >= 0.6 is 0 Å². The fourth-order valence-corrected chi connectivity index (χ4v) is 1.26. The Morgan fingerprint density at radius 1 is 1.71 bits per heavy atom. The van der Waals surface area contributed by atoms with Gasteiger partial charge >= 0.3 is 0 Å². The van der Waals surface area contributed by atoms with Crippen LogP contribution in [0.5, 0.6) is 0 Å². The number of aryl methyl sites for hydroxylation is 1. The highest BCUT2D eigenvalue weighted by molar-refractivity contribution is 5.79. The molecule has 0 saturated heterocycles. The van der Waals surface area contributed by atoms with E-state index in [1.807, 2.05) is 14.0 Å². The van der Waals surface area contributed by atoms with Crippen molar-refractivity contribution in [3.05, 3.63) is 12.2 Å². The van der Waals surface area contributed by atoms with Crippen molar-refractivity contribution in [1.29, 1.82) is 0 Å². The second-order valence-corrected chi connectivity index (χ2v) is 3.67. The van der Waals surface area contributed by atoms with Gasteiger partial charge in [-0.2, -0.15) is 0 Å². The fraction of sp³-hybridized carbons (Fsp3) is 0.667. The van der Waals surface area contributed by atoms with Gasteiger partial charge in [-0.05, 0) is 6.92 Å². The quantitative estimate of drug-likeness (QED) is 0.258. The first-order chi connectivity index (χ1) is 8.17. The number of methoxy groups -OCH3 is 1. The van der Waals surface area contributed by atoms with Crippen LogP contribution in [0.1, 0.15) is 12.7 Å². The van der Waals surface area contributed by atoms with Crippen molar-refractivity contribution in [3.8, 4) is 0 Å². The molecule has 1 aromatic heterocycles. The average Bonchev–Trinajstić information content (AvgIpc) is 2.70. The molecule has 0 bridgehead atoms. The molecular formula is C9H19N7O. The van der Waals surface area contributed by atoms with E-state index in [1.54, 1.807) is 18.0 Å². The summed E-state index contributed by atoms with van der Waals surface area (Å²) in [5.41, 5.74) is 2.50. The molecule has 17 heavy (non-hydrogen) atoms. The number of hydrogen-bond donors (Lipinski definition) is 3. The van der Waals surface area contributed by atoms with E-state index in [4.69, 9.17) is 10.6 Å². The molecule has 0 aliphatic rings. The Hall–Kier alpha value is -1.67. The zero-order chi connectivity index (χ0) is 12.7. The molecule has 0 amide bonds. The van der Waals surface area contributed by atoms with Gasteiger partial charge in [0.25, 0.3) is 0 Å². The van der Waals surface area contributed by atoms with Gasteiger partial charge < -0.3 is 14.6 Å². The maximum absolute atomic E-state index is 5.37. The molecule has 8 heteroatoms. The number of nitrogens with zero attached hydrogens (tertiary/aromatic N) is 4. The van der Waals surface area contributed by atoms with Crippen LogP contribution in [0.2, 0.25) is 0 Å². The van der Waals surface area contributed by atoms with Crippen molar-refractivity contribution in [2.24, 2.45) is 17.9 Å². The van der Waals surface area contributed by atoms with Crippen molar-refractivity contribution in [3.63, 3.8) is 0 Å². The molecule has 0 saturated carbocycles. The Morgan fingerprint density at radius 3 is 3.00 bits per heavy atom. The number of nitrogens with two attached hydrogens (primary N) is 1. The molecule has 1 unspecified atom stereocenters. The van der Waals surface area contributed by atoms with Crippen LogP contribution < -0.4 is 16.6 Å². The summed E-state index contributed by atoms with van der Waals surface area (Å²) in [5.74, 6) is 6.63. The Balaban J connectivity index is 2.52. The summed E-state index contributed by atoms with van der Waals surface area (Å²) in [5, 5.41) is 10.8. The lowest BCUT2D eigenvalue weighted by Gasteiger charge is -2.15. The first kappa shape index (κ1) is 13.4. The minimum absolute atomic E-state index is 0.120. The van der Waals surface area contributed by atoms with Gasteiger partial charge in [-0.15, -0.1) is 10.2 Å². The molecule has 0 fully saturated rings. The normalized spacial score (nSPS) is 13.5. The molecule has 4 N–H and O–H groups in total. The van der Waals surface area contributed by atoms with E-state index < -0.39 is 0 Å². The second kappa shape index (κ2) is 6.81. The van der Waals surface area contributed by atoms with Gasteiger partial charge in [0.05, 0.1) is 6.61 Å². The molecule has 0 aromatic carbocycles. The summed E-state index contributed by atoms with van der Waals surface area (Å²) < 4.78 is 6.81. The predicted molar refractivity (Wildman–Crippen MR) is 63.9 cm³/mol. The van der Waals surface area contributed by atoms with Gasteiger partial charge in [0.1, 0.15) is 12.9 Å². The van der Waals surface area contributed by atoms with Crippen LogP contribution in [0, 0.1) is 0 Å². The SMILES string of the molecule is COCC(C)NC(=NCc1nncn1C)NN. The molecule has 1 atom stereocenters. The standard InChI is InChI=1S/C9H19N7O/c1-7(5-17-3)13-9(14-10)11-4-8-15-12-6-16(8)2/h6-7H,4-5,10H2,1-3H3,(H2,11,13,14). The first-order valence-electron chi connectivity index (χ1n) is 5.26. The lowest BCUT2D eigenvalue weighted by molar-refractivity contribution is 0.179. The van der Waals surface area contributed by atoms with Gasteiger partial charge in [0.15, 0.2) is 5.82 Å². The Bertz CT molecular complexity index is 362. The van der Waals surface area contributed by atoms with Crippen LogP contribution in [0.4, 0.5) is 0 Å². The van der Waals surface area contributed by atoms with Crippen molar-refractivity contribution in [1.82, 2.24) is 25.5 Å². The average molecular weight is 241 g/mol.